The first-order valence-electron chi connectivity index (χ1n) is 8.60. The third kappa shape index (κ3) is 3.18. The van der Waals surface area contributed by atoms with E-state index in [0.717, 1.165) is 33.8 Å². The summed E-state index contributed by atoms with van der Waals surface area (Å²) in [6.07, 6.45) is 4.04. The third-order valence-corrected chi connectivity index (χ3v) is 4.21. The predicted octanol–water partition coefficient (Wildman–Crippen LogP) is 5.59. The summed E-state index contributed by atoms with van der Waals surface area (Å²) in [5.41, 5.74) is 4.91. The van der Waals surface area contributed by atoms with E-state index in [1.54, 1.807) is 12.1 Å². The molecule has 0 unspecified atom stereocenters. The Labute approximate surface area is 151 Å². The van der Waals surface area contributed by atoms with E-state index in [1.165, 1.54) is 12.1 Å². The van der Waals surface area contributed by atoms with Crippen molar-refractivity contribution in [2.75, 3.05) is 0 Å². The lowest BCUT2D eigenvalue weighted by Crippen LogP contribution is -2.05. The van der Waals surface area contributed by atoms with Crippen molar-refractivity contribution in [2.45, 2.75) is 20.0 Å². The molecule has 2 heterocycles. The van der Waals surface area contributed by atoms with Crippen LogP contribution in [-0.2, 0) is 0 Å². The van der Waals surface area contributed by atoms with Gasteiger partial charge >= 0.3 is 0 Å². The Morgan fingerprint density at radius 2 is 1.50 bits per heavy atom. The van der Waals surface area contributed by atoms with Crippen molar-refractivity contribution >= 4 is 5.65 Å². The fourth-order valence-corrected chi connectivity index (χ4v) is 2.98. The summed E-state index contributed by atoms with van der Waals surface area (Å²) in [5, 5.41) is 0. The number of hydrogen-bond acceptors (Lipinski definition) is 2. The van der Waals surface area contributed by atoms with Gasteiger partial charge in [0.25, 0.3) is 0 Å². The van der Waals surface area contributed by atoms with Crippen LogP contribution in [0, 0.1) is 5.82 Å². The molecule has 0 amide bonds. The molecule has 0 bridgehead atoms. The van der Waals surface area contributed by atoms with Gasteiger partial charge in [-0.2, -0.15) is 0 Å². The summed E-state index contributed by atoms with van der Waals surface area (Å²) < 4.78 is 20.9. The number of fused-ring (bicyclic) bond motifs is 1. The van der Waals surface area contributed by atoms with Crippen LogP contribution >= 0.6 is 0 Å². The van der Waals surface area contributed by atoms with E-state index >= 15 is 0 Å². The molecule has 0 N–H and O–H groups in total. The summed E-state index contributed by atoms with van der Waals surface area (Å²) in [5.74, 6) is 0.617. The lowest BCUT2D eigenvalue weighted by atomic mass is 10.1. The minimum Gasteiger partial charge on any atom is -0.491 e. The van der Waals surface area contributed by atoms with Gasteiger partial charge in [-0.25, -0.2) is 9.37 Å². The smallest absolute Gasteiger partial charge is 0.137 e. The molecule has 26 heavy (non-hydrogen) atoms. The Hall–Kier alpha value is -3.14. The third-order valence-electron chi connectivity index (χ3n) is 4.21. The molecule has 2 aromatic carbocycles. The number of imidazole rings is 1. The monoisotopic (exact) mass is 346 g/mol. The Morgan fingerprint density at radius 3 is 2.19 bits per heavy atom. The molecule has 0 aliphatic rings. The highest BCUT2D eigenvalue weighted by molar-refractivity contribution is 5.69. The minimum atomic E-state index is -0.234. The molecular formula is C22H19FN2O. The van der Waals surface area contributed by atoms with Crippen molar-refractivity contribution in [3.8, 4) is 28.1 Å². The molecule has 4 rings (SSSR count). The number of ether oxygens (including phenoxy) is 1. The first kappa shape index (κ1) is 16.3. The van der Waals surface area contributed by atoms with Crippen molar-refractivity contribution in [2.24, 2.45) is 0 Å². The molecule has 2 aromatic heterocycles. The van der Waals surface area contributed by atoms with Crippen molar-refractivity contribution in [1.29, 1.82) is 0 Å². The van der Waals surface area contributed by atoms with Crippen LogP contribution in [0.3, 0.4) is 0 Å². The Balaban J connectivity index is 1.73. The number of aromatic nitrogens is 2. The van der Waals surface area contributed by atoms with Crippen molar-refractivity contribution < 1.29 is 9.13 Å². The number of benzene rings is 2. The molecule has 0 saturated heterocycles. The topological polar surface area (TPSA) is 26.5 Å². The highest BCUT2D eigenvalue weighted by Crippen LogP contribution is 2.27. The largest absolute Gasteiger partial charge is 0.491 e. The lowest BCUT2D eigenvalue weighted by Gasteiger charge is -2.10. The van der Waals surface area contributed by atoms with Crippen LogP contribution in [-0.4, -0.2) is 15.5 Å². The molecule has 0 atom stereocenters. The Morgan fingerprint density at radius 1 is 0.846 bits per heavy atom. The van der Waals surface area contributed by atoms with Crippen LogP contribution in [0.15, 0.2) is 73.1 Å². The second-order valence-corrected chi connectivity index (χ2v) is 6.49. The maximum Gasteiger partial charge on any atom is 0.137 e. The highest BCUT2D eigenvalue weighted by atomic mass is 19.1. The number of hydrogen-bond donors (Lipinski definition) is 0. The van der Waals surface area contributed by atoms with E-state index in [-0.39, 0.29) is 11.9 Å². The van der Waals surface area contributed by atoms with Gasteiger partial charge in [-0.1, -0.05) is 12.1 Å². The summed E-state index contributed by atoms with van der Waals surface area (Å²) in [4.78, 5) is 4.49. The quantitative estimate of drug-likeness (QED) is 0.481. The Kier molecular flexibility index (Phi) is 4.17. The fraction of sp³-hybridized carbons (Fsp3) is 0.136. The molecule has 0 fully saturated rings. The van der Waals surface area contributed by atoms with Gasteiger partial charge in [-0.3, -0.25) is 4.40 Å². The van der Waals surface area contributed by atoms with E-state index in [4.69, 9.17) is 4.74 Å². The molecule has 0 radical (unpaired) electrons. The van der Waals surface area contributed by atoms with E-state index in [0.29, 0.717) is 0 Å². The molecule has 130 valence electrons. The minimum absolute atomic E-state index is 0.148. The normalized spacial score (nSPS) is 11.2. The molecule has 3 nitrogen and oxygen atoms in total. The Bertz CT molecular complexity index is 1030. The molecule has 0 aliphatic carbocycles. The first-order valence-corrected chi connectivity index (χ1v) is 8.60. The van der Waals surface area contributed by atoms with Crippen LogP contribution < -0.4 is 4.74 Å². The van der Waals surface area contributed by atoms with Gasteiger partial charge in [-0.15, -0.1) is 0 Å². The number of halogens is 1. The van der Waals surface area contributed by atoms with E-state index in [1.807, 2.05) is 62.6 Å². The average molecular weight is 346 g/mol. The van der Waals surface area contributed by atoms with Gasteiger partial charge < -0.3 is 4.74 Å². The molecular weight excluding hydrogens is 327 g/mol. The van der Waals surface area contributed by atoms with Crippen molar-refractivity contribution in [3.05, 3.63) is 78.9 Å². The van der Waals surface area contributed by atoms with Crippen LogP contribution in [0.1, 0.15) is 13.8 Å². The van der Waals surface area contributed by atoms with Crippen LogP contribution in [0.5, 0.6) is 5.75 Å². The zero-order chi connectivity index (χ0) is 18.1. The second-order valence-electron chi connectivity index (χ2n) is 6.49. The van der Waals surface area contributed by atoms with Gasteiger partial charge in [0.05, 0.1) is 18.0 Å². The SMILES string of the molecule is CC(C)Oc1ccc(-c2cnc3ccc(-c4ccc(F)cc4)cn23)cc1. The van der Waals surface area contributed by atoms with E-state index in [2.05, 4.69) is 9.38 Å². The lowest BCUT2D eigenvalue weighted by molar-refractivity contribution is 0.242. The average Bonchev–Trinajstić information content (AvgIpc) is 3.06. The number of pyridine rings is 1. The first-order chi connectivity index (χ1) is 12.6. The molecule has 0 saturated carbocycles. The van der Waals surface area contributed by atoms with Crippen LogP contribution in [0.25, 0.3) is 28.0 Å². The van der Waals surface area contributed by atoms with E-state index < -0.39 is 0 Å². The number of rotatable bonds is 4. The summed E-state index contributed by atoms with van der Waals surface area (Å²) >= 11 is 0. The van der Waals surface area contributed by atoms with Gasteiger partial charge in [-0.05, 0) is 73.5 Å². The van der Waals surface area contributed by atoms with E-state index in [9.17, 15) is 4.39 Å². The standard InChI is InChI=1S/C22H19FN2O/c1-15(2)26-20-10-5-17(6-11-20)21-13-24-22-12-7-18(14-25(21)22)16-3-8-19(23)9-4-16/h3-15H,1-2H3. The molecule has 4 heteroatoms. The fourth-order valence-electron chi connectivity index (χ4n) is 2.98. The maximum atomic E-state index is 13.2. The summed E-state index contributed by atoms with van der Waals surface area (Å²) in [6.45, 7) is 4.02. The molecule has 0 aliphatic heterocycles. The zero-order valence-electron chi connectivity index (χ0n) is 14.7. The van der Waals surface area contributed by atoms with Crippen LogP contribution in [0.2, 0.25) is 0 Å². The maximum absolute atomic E-state index is 13.2. The summed E-state index contributed by atoms with van der Waals surface area (Å²) in [7, 11) is 0. The zero-order valence-corrected chi connectivity index (χ0v) is 14.7. The van der Waals surface area contributed by atoms with Crippen molar-refractivity contribution in [3.63, 3.8) is 0 Å². The molecule has 4 aromatic rings. The van der Waals surface area contributed by atoms with Gasteiger partial charge in [0, 0.05) is 11.8 Å². The summed E-state index contributed by atoms with van der Waals surface area (Å²) in [6, 6.07) is 18.5. The van der Waals surface area contributed by atoms with Crippen LogP contribution in [0.4, 0.5) is 4.39 Å². The number of nitrogens with zero attached hydrogens (tertiary/aromatic N) is 2. The predicted molar refractivity (Wildman–Crippen MR) is 102 cm³/mol. The second kappa shape index (κ2) is 6.64. The van der Waals surface area contributed by atoms with Crippen molar-refractivity contribution in [1.82, 2.24) is 9.38 Å². The highest BCUT2D eigenvalue weighted by Gasteiger charge is 2.08. The molecule has 0 spiro atoms. The van der Waals surface area contributed by atoms with Gasteiger partial charge in [0.1, 0.15) is 17.2 Å². The van der Waals surface area contributed by atoms with Gasteiger partial charge in [0.2, 0.25) is 0 Å². The van der Waals surface area contributed by atoms with Gasteiger partial charge in [0.15, 0.2) is 0 Å².